The predicted molar refractivity (Wildman–Crippen MR) is 93.0 cm³/mol. The third-order valence-electron chi connectivity index (χ3n) is 3.59. The van der Waals surface area contributed by atoms with Crippen molar-refractivity contribution in [3.05, 3.63) is 54.0 Å². The fraction of sp³-hybridized carbons (Fsp3) is 0.188. The Morgan fingerprint density at radius 1 is 1.12 bits per heavy atom. The minimum absolute atomic E-state index is 0.133. The molecule has 0 spiro atoms. The fourth-order valence-electron chi connectivity index (χ4n) is 2.26. The van der Waals surface area contributed by atoms with Crippen LogP contribution in [0.25, 0.3) is 5.65 Å². The summed E-state index contributed by atoms with van der Waals surface area (Å²) in [5.74, 6) is 0.297. The fourth-order valence-corrected chi connectivity index (χ4v) is 3.16. The van der Waals surface area contributed by atoms with Crippen LogP contribution in [0.4, 0.5) is 5.69 Å². The SMILES string of the molecule is Cc1nc2ccc(NC(=O)c3ccc(S(=O)(=O)N(C)C)cc3)cn2n1. The average molecular weight is 359 g/mol. The zero-order valence-electron chi connectivity index (χ0n) is 14.0. The van der Waals surface area contributed by atoms with Crippen molar-refractivity contribution in [3.63, 3.8) is 0 Å². The van der Waals surface area contributed by atoms with Crippen molar-refractivity contribution < 1.29 is 13.2 Å². The van der Waals surface area contributed by atoms with E-state index < -0.39 is 10.0 Å². The maximum Gasteiger partial charge on any atom is 0.255 e. The topological polar surface area (TPSA) is 96.7 Å². The lowest BCUT2D eigenvalue weighted by Gasteiger charge is -2.11. The lowest BCUT2D eigenvalue weighted by molar-refractivity contribution is 0.102. The molecule has 0 saturated heterocycles. The lowest BCUT2D eigenvalue weighted by atomic mass is 10.2. The first-order valence-electron chi connectivity index (χ1n) is 7.44. The molecule has 2 heterocycles. The maximum atomic E-state index is 12.3. The number of aromatic nitrogens is 3. The van der Waals surface area contributed by atoms with Gasteiger partial charge >= 0.3 is 0 Å². The van der Waals surface area contributed by atoms with Gasteiger partial charge in [0.25, 0.3) is 5.91 Å². The predicted octanol–water partition coefficient (Wildman–Crippen LogP) is 1.54. The van der Waals surface area contributed by atoms with Crippen molar-refractivity contribution in [1.29, 1.82) is 0 Å². The van der Waals surface area contributed by atoms with Crippen LogP contribution < -0.4 is 5.32 Å². The molecule has 8 nitrogen and oxygen atoms in total. The van der Waals surface area contributed by atoms with Gasteiger partial charge < -0.3 is 5.32 Å². The summed E-state index contributed by atoms with van der Waals surface area (Å²) < 4.78 is 26.8. The van der Waals surface area contributed by atoms with E-state index in [1.54, 1.807) is 29.8 Å². The second-order valence-electron chi connectivity index (χ2n) is 5.65. The van der Waals surface area contributed by atoms with Crippen LogP contribution in [0.3, 0.4) is 0 Å². The highest BCUT2D eigenvalue weighted by molar-refractivity contribution is 7.89. The molecule has 0 aliphatic heterocycles. The zero-order valence-corrected chi connectivity index (χ0v) is 14.8. The van der Waals surface area contributed by atoms with Crippen LogP contribution in [0.5, 0.6) is 0 Å². The standard InChI is InChI=1S/C16H17N5O3S/c1-11-17-15-9-6-13(10-21(15)19-11)18-16(22)12-4-7-14(8-5-12)25(23,24)20(2)3/h4-10H,1-3H3,(H,18,22). The van der Waals surface area contributed by atoms with Crippen molar-refractivity contribution in [1.82, 2.24) is 18.9 Å². The highest BCUT2D eigenvalue weighted by Crippen LogP contribution is 2.16. The summed E-state index contributed by atoms with van der Waals surface area (Å²) in [6.07, 6.45) is 1.66. The minimum Gasteiger partial charge on any atom is -0.321 e. The Balaban J connectivity index is 1.80. The summed E-state index contributed by atoms with van der Waals surface area (Å²) in [5.41, 5.74) is 1.61. The number of sulfonamides is 1. The van der Waals surface area contributed by atoms with Gasteiger partial charge in [-0.1, -0.05) is 0 Å². The van der Waals surface area contributed by atoms with Crippen molar-refractivity contribution in [2.75, 3.05) is 19.4 Å². The highest BCUT2D eigenvalue weighted by atomic mass is 32.2. The molecule has 25 heavy (non-hydrogen) atoms. The Morgan fingerprint density at radius 3 is 2.44 bits per heavy atom. The molecule has 1 N–H and O–H groups in total. The molecule has 0 aliphatic rings. The molecule has 3 aromatic rings. The first-order chi connectivity index (χ1) is 11.8. The molecular weight excluding hydrogens is 342 g/mol. The third-order valence-corrected chi connectivity index (χ3v) is 5.42. The van der Waals surface area contributed by atoms with Crippen molar-refractivity contribution in [3.8, 4) is 0 Å². The quantitative estimate of drug-likeness (QED) is 0.762. The summed E-state index contributed by atoms with van der Waals surface area (Å²) in [5, 5.41) is 6.95. The first kappa shape index (κ1) is 17.1. The number of anilines is 1. The molecule has 0 saturated carbocycles. The molecule has 130 valence electrons. The number of hydrogen-bond acceptors (Lipinski definition) is 5. The van der Waals surface area contributed by atoms with Gasteiger partial charge in [-0.3, -0.25) is 4.79 Å². The number of amides is 1. The molecule has 1 aromatic carbocycles. The molecule has 0 aliphatic carbocycles. The molecular formula is C16H17N5O3S. The van der Waals surface area contributed by atoms with Crippen LogP contribution in [-0.2, 0) is 10.0 Å². The molecule has 9 heteroatoms. The van der Waals surface area contributed by atoms with E-state index in [0.29, 0.717) is 22.7 Å². The monoisotopic (exact) mass is 359 g/mol. The number of nitrogens with one attached hydrogen (secondary N) is 1. The van der Waals surface area contributed by atoms with E-state index in [2.05, 4.69) is 15.4 Å². The number of benzene rings is 1. The van der Waals surface area contributed by atoms with Gasteiger partial charge in [-0.2, -0.15) is 5.10 Å². The Bertz CT molecular complexity index is 1040. The van der Waals surface area contributed by atoms with Crippen LogP contribution in [0.1, 0.15) is 16.2 Å². The Kier molecular flexibility index (Phi) is 4.27. The summed E-state index contributed by atoms with van der Waals surface area (Å²) in [7, 11) is -0.605. The van der Waals surface area contributed by atoms with Crippen LogP contribution in [0.2, 0.25) is 0 Å². The van der Waals surface area contributed by atoms with Gasteiger partial charge in [0, 0.05) is 19.7 Å². The Labute approximate surface area is 145 Å². The number of pyridine rings is 1. The van der Waals surface area contributed by atoms with Gasteiger partial charge in [0.2, 0.25) is 10.0 Å². The van der Waals surface area contributed by atoms with Gasteiger partial charge in [-0.25, -0.2) is 22.2 Å². The van der Waals surface area contributed by atoms with Gasteiger partial charge in [0.15, 0.2) is 5.65 Å². The molecule has 0 bridgehead atoms. The van der Waals surface area contributed by atoms with Crippen molar-refractivity contribution >= 4 is 27.3 Å². The molecule has 0 fully saturated rings. The number of hydrogen-bond donors (Lipinski definition) is 1. The van der Waals surface area contributed by atoms with E-state index >= 15 is 0 Å². The van der Waals surface area contributed by atoms with E-state index in [1.807, 2.05) is 0 Å². The van der Waals surface area contributed by atoms with E-state index in [9.17, 15) is 13.2 Å². The van der Waals surface area contributed by atoms with E-state index in [1.165, 1.54) is 38.4 Å². The van der Waals surface area contributed by atoms with E-state index in [0.717, 1.165) is 4.31 Å². The summed E-state index contributed by atoms with van der Waals surface area (Å²) in [6.45, 7) is 1.79. The van der Waals surface area contributed by atoms with Gasteiger partial charge in [0.05, 0.1) is 16.8 Å². The summed E-state index contributed by atoms with van der Waals surface area (Å²) >= 11 is 0. The van der Waals surface area contributed by atoms with Gasteiger partial charge in [-0.05, 0) is 43.3 Å². The van der Waals surface area contributed by atoms with E-state index in [4.69, 9.17) is 0 Å². The number of aryl methyl sites for hydroxylation is 1. The average Bonchev–Trinajstić information content (AvgIpc) is 2.94. The number of nitrogens with zero attached hydrogens (tertiary/aromatic N) is 4. The third kappa shape index (κ3) is 3.37. The lowest BCUT2D eigenvalue weighted by Crippen LogP contribution is -2.22. The smallest absolute Gasteiger partial charge is 0.255 e. The number of rotatable bonds is 4. The summed E-state index contributed by atoms with van der Waals surface area (Å²) in [6, 6.07) is 9.25. The number of fused-ring (bicyclic) bond motifs is 1. The van der Waals surface area contributed by atoms with Crippen molar-refractivity contribution in [2.45, 2.75) is 11.8 Å². The molecule has 1 amide bonds. The largest absolute Gasteiger partial charge is 0.321 e. The van der Waals surface area contributed by atoms with Crippen molar-refractivity contribution in [2.24, 2.45) is 0 Å². The molecule has 0 atom stereocenters. The Hall–Kier alpha value is -2.78. The second-order valence-corrected chi connectivity index (χ2v) is 7.80. The Morgan fingerprint density at radius 2 is 1.80 bits per heavy atom. The van der Waals surface area contributed by atoms with Crippen LogP contribution >= 0.6 is 0 Å². The van der Waals surface area contributed by atoms with Gasteiger partial charge in [-0.15, -0.1) is 0 Å². The summed E-state index contributed by atoms with van der Waals surface area (Å²) in [4.78, 5) is 16.7. The molecule has 0 radical (unpaired) electrons. The number of carbonyl (C=O) groups is 1. The molecule has 3 rings (SSSR count). The first-order valence-corrected chi connectivity index (χ1v) is 8.88. The molecule has 0 unspecified atom stereocenters. The minimum atomic E-state index is -3.52. The number of carbonyl (C=O) groups excluding carboxylic acids is 1. The maximum absolute atomic E-state index is 12.3. The van der Waals surface area contributed by atoms with Gasteiger partial charge in [0.1, 0.15) is 5.82 Å². The molecule has 2 aromatic heterocycles. The normalized spacial score (nSPS) is 11.8. The van der Waals surface area contributed by atoms with Crippen LogP contribution in [0, 0.1) is 6.92 Å². The van der Waals surface area contributed by atoms with Crippen LogP contribution in [0.15, 0.2) is 47.5 Å². The second kappa shape index (κ2) is 6.26. The van der Waals surface area contributed by atoms with Crippen LogP contribution in [-0.4, -0.2) is 47.3 Å². The zero-order chi connectivity index (χ0) is 18.2. The van der Waals surface area contributed by atoms with E-state index in [-0.39, 0.29) is 10.8 Å². The highest BCUT2D eigenvalue weighted by Gasteiger charge is 2.17.